The lowest BCUT2D eigenvalue weighted by atomic mass is 10.4. The maximum Gasteiger partial charge on any atom is 0.383 e. The molecule has 1 heterocycles. The highest BCUT2D eigenvalue weighted by Gasteiger charge is 2.17. The Bertz CT molecular complexity index is 323. The molecule has 13 heavy (non-hydrogen) atoms. The molecular weight excluding hydrogens is 198 g/mol. The van der Waals surface area contributed by atoms with Crippen LogP contribution in [0.4, 0.5) is 5.82 Å². The summed E-state index contributed by atoms with van der Waals surface area (Å²) in [7, 11) is 0. The van der Waals surface area contributed by atoms with E-state index in [2.05, 4.69) is 4.98 Å². The highest BCUT2D eigenvalue weighted by atomic mass is 35.5. The SMILES string of the molecule is CC(O)Cn1cc([N+](=O)[O-])nc1Cl. The molecule has 0 aliphatic carbocycles. The summed E-state index contributed by atoms with van der Waals surface area (Å²) in [5.41, 5.74) is 0. The lowest BCUT2D eigenvalue weighted by Gasteiger charge is -2.02. The fourth-order valence-electron chi connectivity index (χ4n) is 0.881. The van der Waals surface area contributed by atoms with Crippen molar-refractivity contribution < 1.29 is 10.0 Å². The lowest BCUT2D eigenvalue weighted by Crippen LogP contribution is -2.10. The van der Waals surface area contributed by atoms with Crippen molar-refractivity contribution in [1.82, 2.24) is 9.55 Å². The van der Waals surface area contributed by atoms with Crippen molar-refractivity contribution in [3.05, 3.63) is 21.6 Å². The van der Waals surface area contributed by atoms with Gasteiger partial charge in [-0.3, -0.25) is 4.57 Å². The number of nitrogens with zero attached hydrogens (tertiary/aromatic N) is 3. The highest BCUT2D eigenvalue weighted by Crippen LogP contribution is 2.15. The van der Waals surface area contributed by atoms with Gasteiger partial charge in [0.05, 0.1) is 12.6 Å². The highest BCUT2D eigenvalue weighted by molar-refractivity contribution is 6.28. The van der Waals surface area contributed by atoms with E-state index in [0.29, 0.717) is 0 Å². The predicted molar refractivity (Wildman–Crippen MR) is 45.6 cm³/mol. The van der Waals surface area contributed by atoms with Gasteiger partial charge < -0.3 is 15.2 Å². The zero-order chi connectivity index (χ0) is 10.0. The minimum atomic E-state index is -0.635. The number of hydrogen-bond acceptors (Lipinski definition) is 4. The van der Waals surface area contributed by atoms with Crippen LogP contribution >= 0.6 is 11.6 Å². The van der Waals surface area contributed by atoms with E-state index in [1.807, 2.05) is 0 Å². The quantitative estimate of drug-likeness (QED) is 0.585. The van der Waals surface area contributed by atoms with Crippen molar-refractivity contribution in [3.8, 4) is 0 Å². The molecule has 0 saturated carbocycles. The Kier molecular flexibility index (Phi) is 2.84. The number of aromatic nitrogens is 2. The minimum Gasteiger partial charge on any atom is -0.392 e. The maximum absolute atomic E-state index is 10.3. The third-order valence-electron chi connectivity index (χ3n) is 1.36. The van der Waals surface area contributed by atoms with Crippen LogP contribution in [0.1, 0.15) is 6.92 Å². The summed E-state index contributed by atoms with van der Waals surface area (Å²) >= 11 is 5.57. The fraction of sp³-hybridized carbons (Fsp3) is 0.500. The molecule has 72 valence electrons. The summed E-state index contributed by atoms with van der Waals surface area (Å²) in [5, 5.41) is 19.3. The number of imidazole rings is 1. The summed E-state index contributed by atoms with van der Waals surface area (Å²) in [4.78, 5) is 13.1. The van der Waals surface area contributed by atoms with Crippen LogP contribution in [0.3, 0.4) is 0 Å². The molecule has 0 aromatic carbocycles. The first-order chi connectivity index (χ1) is 6.00. The van der Waals surface area contributed by atoms with Crippen molar-refractivity contribution >= 4 is 17.4 Å². The van der Waals surface area contributed by atoms with Crippen molar-refractivity contribution in [1.29, 1.82) is 0 Å². The first kappa shape index (κ1) is 9.94. The van der Waals surface area contributed by atoms with Gasteiger partial charge in [0.15, 0.2) is 0 Å². The van der Waals surface area contributed by atoms with E-state index in [4.69, 9.17) is 16.7 Å². The second-order valence-corrected chi connectivity index (χ2v) is 2.96. The lowest BCUT2D eigenvalue weighted by molar-refractivity contribution is -0.389. The molecule has 6 nitrogen and oxygen atoms in total. The van der Waals surface area contributed by atoms with Crippen LogP contribution in [0.5, 0.6) is 0 Å². The summed E-state index contributed by atoms with van der Waals surface area (Å²) in [5.74, 6) is -0.314. The Morgan fingerprint density at radius 2 is 2.54 bits per heavy atom. The Balaban J connectivity index is 2.90. The number of halogens is 1. The normalized spacial score (nSPS) is 12.8. The molecule has 1 rings (SSSR count). The monoisotopic (exact) mass is 205 g/mol. The van der Waals surface area contributed by atoms with E-state index in [-0.39, 0.29) is 17.6 Å². The van der Waals surface area contributed by atoms with Crippen molar-refractivity contribution in [2.24, 2.45) is 0 Å². The van der Waals surface area contributed by atoms with Gasteiger partial charge in [0.1, 0.15) is 6.20 Å². The van der Waals surface area contributed by atoms with Crippen LogP contribution in [0.2, 0.25) is 5.28 Å². The molecule has 7 heteroatoms. The van der Waals surface area contributed by atoms with E-state index in [1.165, 1.54) is 10.8 Å². The predicted octanol–water partition coefficient (Wildman–Crippen LogP) is 0.825. The zero-order valence-electron chi connectivity index (χ0n) is 6.85. The molecule has 1 atom stereocenters. The van der Waals surface area contributed by atoms with Crippen LogP contribution < -0.4 is 0 Å². The van der Waals surface area contributed by atoms with Crippen LogP contribution in [-0.2, 0) is 6.54 Å². The molecule has 0 bridgehead atoms. The first-order valence-electron chi connectivity index (χ1n) is 3.56. The van der Waals surface area contributed by atoms with Gasteiger partial charge in [-0.15, -0.1) is 0 Å². The molecule has 0 aliphatic heterocycles. The van der Waals surface area contributed by atoms with E-state index in [0.717, 1.165) is 0 Å². The second-order valence-electron chi connectivity index (χ2n) is 2.63. The molecule has 0 spiro atoms. The Morgan fingerprint density at radius 1 is 1.92 bits per heavy atom. The molecule has 0 radical (unpaired) electrons. The van der Waals surface area contributed by atoms with Crippen LogP contribution in [0, 0.1) is 10.1 Å². The molecule has 1 aromatic heterocycles. The summed E-state index contributed by atoms with van der Waals surface area (Å²) in [6.45, 7) is 1.75. The van der Waals surface area contributed by atoms with Gasteiger partial charge in [-0.25, -0.2) is 0 Å². The summed E-state index contributed by atoms with van der Waals surface area (Å²) in [6, 6.07) is 0. The van der Waals surface area contributed by atoms with Gasteiger partial charge >= 0.3 is 11.1 Å². The second kappa shape index (κ2) is 3.71. The standard InChI is InChI=1S/C6H8ClN3O3/c1-4(11)2-9-3-5(10(12)13)8-6(9)7/h3-4,11H,2H2,1H3. The molecule has 0 aliphatic rings. The van der Waals surface area contributed by atoms with Crippen LogP contribution in [-0.4, -0.2) is 25.7 Å². The number of aliphatic hydroxyl groups is 1. The summed E-state index contributed by atoms with van der Waals surface area (Å²) in [6.07, 6.45) is 0.570. The van der Waals surface area contributed by atoms with Gasteiger partial charge in [0.25, 0.3) is 0 Å². The van der Waals surface area contributed by atoms with E-state index in [1.54, 1.807) is 6.92 Å². The van der Waals surface area contributed by atoms with Crippen LogP contribution in [0.15, 0.2) is 6.20 Å². The largest absolute Gasteiger partial charge is 0.392 e. The minimum absolute atomic E-state index is 0.00704. The van der Waals surface area contributed by atoms with Gasteiger partial charge in [-0.05, 0) is 28.4 Å². The maximum atomic E-state index is 10.3. The zero-order valence-corrected chi connectivity index (χ0v) is 7.60. The average Bonchev–Trinajstić information content (AvgIpc) is 2.31. The van der Waals surface area contributed by atoms with E-state index < -0.39 is 11.0 Å². The van der Waals surface area contributed by atoms with Gasteiger partial charge in [0.2, 0.25) is 0 Å². The topological polar surface area (TPSA) is 81.2 Å². The molecule has 1 unspecified atom stereocenters. The van der Waals surface area contributed by atoms with Crippen molar-refractivity contribution in [2.45, 2.75) is 19.6 Å². The van der Waals surface area contributed by atoms with Crippen LogP contribution in [0.25, 0.3) is 0 Å². The number of hydrogen-bond donors (Lipinski definition) is 1. The number of rotatable bonds is 3. The fourth-order valence-corrected chi connectivity index (χ4v) is 1.09. The number of aliphatic hydroxyl groups excluding tert-OH is 1. The third-order valence-corrected chi connectivity index (χ3v) is 1.66. The molecule has 0 saturated heterocycles. The Morgan fingerprint density at radius 3 is 2.92 bits per heavy atom. The smallest absolute Gasteiger partial charge is 0.383 e. The van der Waals surface area contributed by atoms with E-state index in [9.17, 15) is 10.1 Å². The van der Waals surface area contributed by atoms with Gasteiger partial charge in [-0.2, -0.15) is 0 Å². The molecule has 0 amide bonds. The van der Waals surface area contributed by atoms with Gasteiger partial charge in [-0.1, -0.05) is 0 Å². The molecule has 1 N–H and O–H groups in total. The molecule has 0 fully saturated rings. The average molecular weight is 206 g/mol. The summed E-state index contributed by atoms with van der Waals surface area (Å²) < 4.78 is 1.32. The Hall–Kier alpha value is -1.14. The molecule has 1 aromatic rings. The van der Waals surface area contributed by atoms with Crippen molar-refractivity contribution in [3.63, 3.8) is 0 Å². The molecular formula is C6H8ClN3O3. The number of nitro groups is 1. The Labute approximate surface area is 78.9 Å². The van der Waals surface area contributed by atoms with E-state index >= 15 is 0 Å². The first-order valence-corrected chi connectivity index (χ1v) is 3.93. The third kappa shape index (κ3) is 2.40. The van der Waals surface area contributed by atoms with Gasteiger partial charge in [0, 0.05) is 0 Å². The van der Waals surface area contributed by atoms with Crippen molar-refractivity contribution in [2.75, 3.05) is 0 Å².